The highest BCUT2D eigenvalue weighted by Gasteiger charge is 2.20. The van der Waals surface area contributed by atoms with Crippen molar-refractivity contribution in [3.8, 4) is 11.8 Å². The van der Waals surface area contributed by atoms with E-state index in [2.05, 4.69) is 16.7 Å². The van der Waals surface area contributed by atoms with Gasteiger partial charge in [-0.2, -0.15) is 17.0 Å². The van der Waals surface area contributed by atoms with Crippen LogP contribution in [0, 0.1) is 11.3 Å². The Morgan fingerprint density at radius 1 is 1.57 bits per heavy atom. The van der Waals surface area contributed by atoms with Crippen molar-refractivity contribution in [3.05, 3.63) is 24.3 Å². The van der Waals surface area contributed by atoms with Gasteiger partial charge in [-0.25, -0.2) is 0 Å². The van der Waals surface area contributed by atoms with Gasteiger partial charge in [-0.3, -0.25) is 4.79 Å². The Hall–Kier alpha value is -1.71. The summed E-state index contributed by atoms with van der Waals surface area (Å²) in [6.07, 6.45) is 1.19. The summed E-state index contributed by atoms with van der Waals surface area (Å²) in [6.45, 7) is 1.37. The minimum atomic E-state index is -0.135. The third-order valence-electron chi connectivity index (χ3n) is 3.04. The predicted molar refractivity (Wildman–Crippen MR) is 84.5 cm³/mol. The number of nitrogens with one attached hydrogen (secondary N) is 2. The van der Waals surface area contributed by atoms with Crippen LogP contribution in [-0.4, -0.2) is 36.6 Å². The van der Waals surface area contributed by atoms with Crippen molar-refractivity contribution >= 4 is 23.4 Å². The van der Waals surface area contributed by atoms with E-state index in [1.54, 1.807) is 17.8 Å². The van der Waals surface area contributed by atoms with Gasteiger partial charge in [0.1, 0.15) is 5.75 Å². The second-order valence-corrected chi connectivity index (χ2v) is 5.86. The maximum absolute atomic E-state index is 12.1. The Morgan fingerprint density at radius 3 is 3.24 bits per heavy atom. The summed E-state index contributed by atoms with van der Waals surface area (Å²) in [7, 11) is 0. The van der Waals surface area contributed by atoms with Gasteiger partial charge in [-0.1, -0.05) is 6.07 Å². The zero-order chi connectivity index (χ0) is 14.9. The lowest BCUT2D eigenvalue weighted by Crippen LogP contribution is -2.46. The number of thioether (sulfide) groups is 1. The van der Waals surface area contributed by atoms with Crippen LogP contribution in [0.15, 0.2) is 24.3 Å². The molecule has 0 radical (unpaired) electrons. The molecule has 2 N–H and O–H groups in total. The Bertz CT molecular complexity index is 510. The average Bonchev–Trinajstić information content (AvgIpc) is 2.53. The van der Waals surface area contributed by atoms with E-state index >= 15 is 0 Å². The largest absolute Gasteiger partial charge is 0.493 e. The van der Waals surface area contributed by atoms with Crippen molar-refractivity contribution in [2.45, 2.75) is 18.9 Å². The first-order valence-corrected chi connectivity index (χ1v) is 8.17. The van der Waals surface area contributed by atoms with Crippen molar-refractivity contribution in [1.29, 1.82) is 5.26 Å². The highest BCUT2D eigenvalue weighted by Crippen LogP contribution is 2.18. The molecule has 0 aromatic heterocycles. The summed E-state index contributed by atoms with van der Waals surface area (Å²) in [5, 5.41) is 14.6. The molecule has 0 aliphatic carbocycles. The molecule has 112 valence electrons. The van der Waals surface area contributed by atoms with Crippen molar-refractivity contribution < 1.29 is 9.53 Å². The van der Waals surface area contributed by atoms with Crippen LogP contribution in [0.4, 0.5) is 5.69 Å². The zero-order valence-corrected chi connectivity index (χ0v) is 12.6. The summed E-state index contributed by atoms with van der Waals surface area (Å²) >= 11 is 1.79. The second-order valence-electron chi connectivity index (χ2n) is 4.71. The highest BCUT2D eigenvalue weighted by atomic mass is 32.2. The Labute approximate surface area is 129 Å². The maximum atomic E-state index is 12.1. The molecule has 1 heterocycles. The fraction of sp³-hybridized carbons (Fsp3) is 0.467. The van der Waals surface area contributed by atoms with Gasteiger partial charge in [0.25, 0.3) is 0 Å². The Balaban J connectivity index is 1.85. The molecule has 1 amide bonds. The molecule has 1 aliphatic heterocycles. The summed E-state index contributed by atoms with van der Waals surface area (Å²) in [5.74, 6) is 2.55. The van der Waals surface area contributed by atoms with Gasteiger partial charge in [0.2, 0.25) is 5.91 Å². The molecule has 1 aromatic rings. The normalized spacial score (nSPS) is 17.8. The molecule has 5 nitrogen and oxygen atoms in total. The smallest absolute Gasteiger partial charge is 0.242 e. The minimum absolute atomic E-state index is 0.0103. The number of benzene rings is 1. The first-order chi connectivity index (χ1) is 10.3. The van der Waals surface area contributed by atoms with Crippen LogP contribution in [0.25, 0.3) is 0 Å². The average molecular weight is 305 g/mol. The fourth-order valence-electron chi connectivity index (χ4n) is 1.97. The van der Waals surface area contributed by atoms with Crippen molar-refractivity contribution in [2.75, 3.05) is 30.0 Å². The molecular formula is C15H19N3O2S. The molecule has 1 fully saturated rings. The maximum Gasteiger partial charge on any atom is 0.242 e. The lowest BCUT2D eigenvalue weighted by Gasteiger charge is -2.22. The molecule has 0 spiro atoms. The van der Waals surface area contributed by atoms with Crippen molar-refractivity contribution in [2.24, 2.45) is 0 Å². The van der Waals surface area contributed by atoms with E-state index in [-0.39, 0.29) is 11.9 Å². The molecule has 21 heavy (non-hydrogen) atoms. The molecule has 1 saturated heterocycles. The van der Waals surface area contributed by atoms with Gasteiger partial charge in [-0.15, -0.1) is 0 Å². The molecule has 1 aromatic carbocycles. The summed E-state index contributed by atoms with van der Waals surface area (Å²) in [4.78, 5) is 12.1. The van der Waals surface area contributed by atoms with Crippen LogP contribution >= 0.6 is 11.8 Å². The van der Waals surface area contributed by atoms with E-state index in [1.165, 1.54) is 0 Å². The topological polar surface area (TPSA) is 74.1 Å². The lowest BCUT2D eigenvalue weighted by molar-refractivity contribution is -0.117. The number of carbonyl (C=O) groups excluding carboxylic acids is 1. The summed E-state index contributed by atoms with van der Waals surface area (Å²) in [6, 6.07) is 9.29. The van der Waals surface area contributed by atoms with Gasteiger partial charge in [0, 0.05) is 36.2 Å². The molecule has 0 bridgehead atoms. The SMILES string of the molecule is N#CCCCOc1cccc(NC(=O)C2CSCCN2)c1. The predicted octanol–water partition coefficient (Wildman–Crippen LogP) is 2.01. The standard InChI is InChI=1S/C15H19N3O2S/c16-6-1-2-8-20-13-5-3-4-12(10-13)18-15(19)14-11-21-9-7-17-14/h3-5,10,14,17H,1-2,7-9,11H2,(H,18,19). The van der Waals surface area contributed by atoms with Crippen LogP contribution in [0.1, 0.15) is 12.8 Å². The number of ether oxygens (including phenoxy) is 1. The molecule has 1 unspecified atom stereocenters. The van der Waals surface area contributed by atoms with Gasteiger partial charge >= 0.3 is 0 Å². The van der Waals surface area contributed by atoms with Gasteiger partial charge in [0.15, 0.2) is 0 Å². The van der Waals surface area contributed by atoms with Gasteiger partial charge < -0.3 is 15.4 Å². The number of hydrogen-bond acceptors (Lipinski definition) is 5. The molecule has 2 rings (SSSR count). The first kappa shape index (κ1) is 15.7. The van der Waals surface area contributed by atoms with Crippen molar-refractivity contribution in [3.63, 3.8) is 0 Å². The zero-order valence-electron chi connectivity index (χ0n) is 11.8. The molecule has 1 atom stereocenters. The Kier molecular flexibility index (Phi) is 6.38. The number of nitriles is 1. The van der Waals surface area contributed by atoms with E-state index in [4.69, 9.17) is 10.00 Å². The number of anilines is 1. The number of carbonyl (C=O) groups is 1. The quantitative estimate of drug-likeness (QED) is 0.787. The number of amides is 1. The Morgan fingerprint density at radius 2 is 2.48 bits per heavy atom. The van der Waals surface area contributed by atoms with Gasteiger partial charge in [0.05, 0.1) is 18.7 Å². The molecule has 1 aliphatic rings. The van der Waals surface area contributed by atoms with Crippen LogP contribution < -0.4 is 15.4 Å². The summed E-state index contributed by atoms with van der Waals surface area (Å²) in [5.41, 5.74) is 0.732. The number of unbranched alkanes of at least 4 members (excludes halogenated alkanes) is 1. The lowest BCUT2D eigenvalue weighted by atomic mass is 10.2. The first-order valence-electron chi connectivity index (χ1n) is 7.01. The third kappa shape index (κ3) is 5.29. The minimum Gasteiger partial charge on any atom is -0.493 e. The van der Waals surface area contributed by atoms with Crippen LogP contribution in [-0.2, 0) is 4.79 Å². The van der Waals surface area contributed by atoms with Gasteiger partial charge in [-0.05, 0) is 18.6 Å². The fourth-order valence-corrected chi connectivity index (χ4v) is 2.90. The van der Waals surface area contributed by atoms with Crippen LogP contribution in [0.2, 0.25) is 0 Å². The van der Waals surface area contributed by atoms with E-state index < -0.39 is 0 Å². The molecule has 6 heteroatoms. The van der Waals surface area contributed by atoms with E-state index in [0.717, 1.165) is 23.7 Å². The van der Waals surface area contributed by atoms with E-state index in [9.17, 15) is 4.79 Å². The van der Waals surface area contributed by atoms with Crippen LogP contribution in [0.5, 0.6) is 5.75 Å². The molecular weight excluding hydrogens is 286 g/mol. The van der Waals surface area contributed by atoms with E-state index in [0.29, 0.717) is 25.2 Å². The second kappa shape index (κ2) is 8.55. The number of hydrogen-bond donors (Lipinski definition) is 2. The number of nitrogens with zero attached hydrogens (tertiary/aromatic N) is 1. The number of rotatable bonds is 6. The molecule has 0 saturated carbocycles. The highest BCUT2D eigenvalue weighted by molar-refractivity contribution is 7.99. The van der Waals surface area contributed by atoms with E-state index in [1.807, 2.05) is 18.2 Å². The summed E-state index contributed by atoms with van der Waals surface area (Å²) < 4.78 is 5.55. The van der Waals surface area contributed by atoms with Crippen LogP contribution in [0.3, 0.4) is 0 Å². The third-order valence-corrected chi connectivity index (χ3v) is 4.10. The monoisotopic (exact) mass is 305 g/mol. The van der Waals surface area contributed by atoms with Crippen molar-refractivity contribution in [1.82, 2.24) is 5.32 Å².